The van der Waals surface area contributed by atoms with Crippen LogP contribution in [-0.4, -0.2) is 25.9 Å². The number of amides is 1. The number of rotatable bonds is 9. The van der Waals surface area contributed by atoms with Crippen molar-refractivity contribution in [2.24, 2.45) is 0 Å². The molecule has 0 spiro atoms. The predicted molar refractivity (Wildman–Crippen MR) is 145 cm³/mol. The Morgan fingerprint density at radius 2 is 1.92 bits per heavy atom. The van der Waals surface area contributed by atoms with Crippen LogP contribution in [0, 0.1) is 21.4 Å². The van der Waals surface area contributed by atoms with Gasteiger partial charge in [-0.2, -0.15) is 13.7 Å². The fourth-order valence-corrected chi connectivity index (χ4v) is 4.96. The van der Waals surface area contributed by atoms with Crippen LogP contribution in [0.5, 0.6) is 11.5 Å². The first kappa shape index (κ1) is 28.9. The van der Waals surface area contributed by atoms with E-state index in [1.807, 2.05) is 6.07 Å². The minimum atomic E-state index is -4.49. The maximum Gasteiger partial charge on any atom is 0.339 e. The quantitative estimate of drug-likeness (QED) is 0.0931. The molecule has 3 aromatic carbocycles. The van der Waals surface area contributed by atoms with Crippen molar-refractivity contribution in [1.29, 1.82) is 5.26 Å². The standard InChI is InChI=1S/C24H16BrCl2N3O7S/c1-2-36-22-10-14(8-15(13-28)24(31)29-16-6-7-20(26)21(27)11-16)9-19(25)23(22)37-38(34,35)18-5-3-4-17(12-18)30(32)33/h3-12H,2H2,1H3,(H,29,31)/b15-8-. The molecule has 0 aliphatic carbocycles. The Balaban J connectivity index is 1.95. The van der Waals surface area contributed by atoms with Crippen LogP contribution in [-0.2, 0) is 14.9 Å². The molecule has 196 valence electrons. The lowest BCUT2D eigenvalue weighted by molar-refractivity contribution is -0.385. The summed E-state index contributed by atoms with van der Waals surface area (Å²) in [5.41, 5.74) is -0.0798. The van der Waals surface area contributed by atoms with Crippen molar-refractivity contribution in [3.8, 4) is 17.6 Å². The fraction of sp³-hybridized carbons (Fsp3) is 0.0833. The van der Waals surface area contributed by atoms with Crippen LogP contribution in [0.15, 0.2) is 69.5 Å². The summed E-state index contributed by atoms with van der Waals surface area (Å²) in [5, 5.41) is 23.6. The molecule has 0 bridgehead atoms. The zero-order chi connectivity index (χ0) is 28.0. The van der Waals surface area contributed by atoms with Gasteiger partial charge in [0.15, 0.2) is 11.5 Å². The lowest BCUT2D eigenvalue weighted by atomic mass is 10.1. The number of hydrogen-bond acceptors (Lipinski definition) is 8. The van der Waals surface area contributed by atoms with Gasteiger partial charge in [0.1, 0.15) is 16.5 Å². The van der Waals surface area contributed by atoms with Crippen molar-refractivity contribution in [3.63, 3.8) is 0 Å². The van der Waals surface area contributed by atoms with Gasteiger partial charge in [0.2, 0.25) is 0 Å². The van der Waals surface area contributed by atoms with E-state index in [1.165, 1.54) is 42.5 Å². The van der Waals surface area contributed by atoms with Gasteiger partial charge in [-0.15, -0.1) is 0 Å². The number of nitrogens with one attached hydrogen (secondary N) is 1. The molecule has 0 saturated heterocycles. The summed E-state index contributed by atoms with van der Waals surface area (Å²) in [7, 11) is -4.49. The lowest BCUT2D eigenvalue weighted by Gasteiger charge is -2.14. The first-order valence-corrected chi connectivity index (χ1v) is 13.4. The number of hydrogen-bond donors (Lipinski definition) is 1. The zero-order valence-corrected chi connectivity index (χ0v) is 23.2. The van der Waals surface area contributed by atoms with Crippen molar-refractivity contribution in [2.45, 2.75) is 11.8 Å². The molecule has 38 heavy (non-hydrogen) atoms. The number of nitro benzene ring substituents is 1. The van der Waals surface area contributed by atoms with Crippen molar-refractivity contribution in [1.82, 2.24) is 0 Å². The van der Waals surface area contributed by atoms with Gasteiger partial charge in [-0.25, -0.2) is 0 Å². The Kier molecular flexibility index (Phi) is 9.35. The van der Waals surface area contributed by atoms with Crippen LogP contribution in [0.4, 0.5) is 11.4 Å². The number of benzene rings is 3. The third-order valence-electron chi connectivity index (χ3n) is 4.70. The van der Waals surface area contributed by atoms with Crippen molar-refractivity contribution < 1.29 is 27.1 Å². The molecule has 10 nitrogen and oxygen atoms in total. The van der Waals surface area contributed by atoms with Gasteiger partial charge in [-0.05, 0) is 70.9 Å². The van der Waals surface area contributed by atoms with E-state index in [4.69, 9.17) is 32.1 Å². The monoisotopic (exact) mass is 639 g/mol. The molecule has 0 aliphatic rings. The summed E-state index contributed by atoms with van der Waals surface area (Å²) in [6, 6.07) is 13.4. The van der Waals surface area contributed by atoms with Crippen LogP contribution in [0.25, 0.3) is 6.08 Å². The summed E-state index contributed by atoms with van der Waals surface area (Å²) in [4.78, 5) is 22.5. The number of carbonyl (C=O) groups is 1. The van der Waals surface area contributed by atoms with Gasteiger partial charge in [0.05, 0.1) is 26.0 Å². The van der Waals surface area contributed by atoms with Gasteiger partial charge in [0, 0.05) is 17.8 Å². The molecule has 0 atom stereocenters. The van der Waals surface area contributed by atoms with E-state index in [-0.39, 0.29) is 33.2 Å². The third-order valence-corrected chi connectivity index (χ3v) is 7.24. The molecule has 0 unspecified atom stereocenters. The number of anilines is 1. The lowest BCUT2D eigenvalue weighted by Crippen LogP contribution is -2.13. The minimum Gasteiger partial charge on any atom is -0.490 e. The summed E-state index contributed by atoms with van der Waals surface area (Å²) in [6.45, 7) is 1.77. The first-order valence-electron chi connectivity index (χ1n) is 10.5. The van der Waals surface area contributed by atoms with E-state index in [0.29, 0.717) is 16.3 Å². The number of nitro groups is 1. The molecule has 0 saturated carbocycles. The summed E-state index contributed by atoms with van der Waals surface area (Å²) in [6.07, 6.45) is 1.26. The van der Waals surface area contributed by atoms with Crippen LogP contribution in [0.1, 0.15) is 12.5 Å². The third kappa shape index (κ3) is 7.02. The molecule has 0 heterocycles. The van der Waals surface area contributed by atoms with Crippen molar-refractivity contribution >= 4 is 72.6 Å². The van der Waals surface area contributed by atoms with E-state index < -0.39 is 31.5 Å². The Morgan fingerprint density at radius 1 is 1.18 bits per heavy atom. The van der Waals surface area contributed by atoms with E-state index >= 15 is 0 Å². The highest BCUT2D eigenvalue weighted by Gasteiger charge is 2.24. The maximum absolute atomic E-state index is 12.9. The number of non-ortho nitro benzene ring substituents is 1. The van der Waals surface area contributed by atoms with Crippen LogP contribution in [0.3, 0.4) is 0 Å². The Hall–Kier alpha value is -3.63. The minimum absolute atomic E-state index is 0.0238. The number of nitrogens with zero attached hydrogens (tertiary/aromatic N) is 2. The molecule has 3 rings (SSSR count). The van der Waals surface area contributed by atoms with E-state index in [1.54, 1.807) is 6.92 Å². The van der Waals surface area contributed by atoms with E-state index in [2.05, 4.69) is 21.2 Å². The molecule has 0 radical (unpaired) electrons. The highest BCUT2D eigenvalue weighted by molar-refractivity contribution is 9.10. The highest BCUT2D eigenvalue weighted by Crippen LogP contribution is 2.39. The first-order chi connectivity index (χ1) is 17.9. The van der Waals surface area contributed by atoms with Gasteiger partial charge in [-0.1, -0.05) is 29.3 Å². The molecule has 0 aliphatic heterocycles. The molecule has 1 N–H and O–H groups in total. The Bertz CT molecular complexity index is 1600. The fourth-order valence-electron chi connectivity index (χ4n) is 3.01. The van der Waals surface area contributed by atoms with Crippen LogP contribution >= 0.6 is 39.1 Å². The topological polar surface area (TPSA) is 149 Å². The summed E-state index contributed by atoms with van der Waals surface area (Å²) in [5.74, 6) is -0.980. The van der Waals surface area contributed by atoms with Gasteiger partial charge in [0.25, 0.3) is 11.6 Å². The maximum atomic E-state index is 12.9. The number of carbonyl (C=O) groups excluding carboxylic acids is 1. The van der Waals surface area contributed by atoms with Gasteiger partial charge < -0.3 is 14.2 Å². The van der Waals surface area contributed by atoms with Crippen molar-refractivity contribution in [3.05, 3.63) is 90.4 Å². The van der Waals surface area contributed by atoms with Crippen LogP contribution in [0.2, 0.25) is 10.0 Å². The average Bonchev–Trinajstić information content (AvgIpc) is 2.87. The second-order valence-electron chi connectivity index (χ2n) is 7.31. The summed E-state index contributed by atoms with van der Waals surface area (Å²) < 4.78 is 36.6. The van der Waals surface area contributed by atoms with Gasteiger partial charge in [-0.3, -0.25) is 14.9 Å². The van der Waals surface area contributed by atoms with Crippen LogP contribution < -0.4 is 14.2 Å². The molecule has 3 aromatic rings. The Morgan fingerprint density at radius 3 is 2.55 bits per heavy atom. The second-order valence-corrected chi connectivity index (χ2v) is 10.5. The zero-order valence-electron chi connectivity index (χ0n) is 19.3. The normalized spacial score (nSPS) is 11.4. The SMILES string of the molecule is CCOc1cc(/C=C(/C#N)C(=O)Nc2ccc(Cl)c(Cl)c2)cc(Br)c1OS(=O)(=O)c1cccc([N+](=O)[O-])c1. The van der Waals surface area contributed by atoms with E-state index in [0.717, 1.165) is 18.2 Å². The molecular formula is C24H16BrCl2N3O7S. The largest absolute Gasteiger partial charge is 0.490 e. The van der Waals surface area contributed by atoms with E-state index in [9.17, 15) is 28.6 Å². The molecule has 0 aromatic heterocycles. The second kappa shape index (κ2) is 12.3. The van der Waals surface area contributed by atoms with Crippen molar-refractivity contribution in [2.75, 3.05) is 11.9 Å². The highest BCUT2D eigenvalue weighted by atomic mass is 79.9. The Labute approximate surface area is 235 Å². The smallest absolute Gasteiger partial charge is 0.339 e. The van der Waals surface area contributed by atoms with Gasteiger partial charge >= 0.3 is 10.1 Å². The molecular weight excluding hydrogens is 625 g/mol. The summed E-state index contributed by atoms with van der Waals surface area (Å²) >= 11 is 15.1. The molecule has 1 amide bonds. The molecule has 14 heteroatoms. The molecule has 0 fully saturated rings. The number of nitriles is 1. The predicted octanol–water partition coefficient (Wildman–Crippen LogP) is 6.38. The number of ether oxygens (including phenoxy) is 1. The number of halogens is 3. The average molecular weight is 641 g/mol.